The van der Waals surface area contributed by atoms with Crippen LogP contribution in [-0.4, -0.2) is 42.3 Å². The predicted octanol–water partition coefficient (Wildman–Crippen LogP) is 2.55. The molecule has 168 valence electrons. The Bertz CT molecular complexity index is 1320. The van der Waals surface area contributed by atoms with Crippen LogP contribution in [0.25, 0.3) is 5.95 Å². The Kier molecular flexibility index (Phi) is 6.04. The highest BCUT2D eigenvalue weighted by molar-refractivity contribution is 7.65. The van der Waals surface area contributed by atoms with E-state index in [0.29, 0.717) is 11.1 Å². The SMILES string of the molecule is CP(=O)(O)c1ccc([C@@H](NC(=O)c2cnc(-n3cccn3)nc2O)c2ccc(F)cc2)cc1. The second-order valence-electron chi connectivity index (χ2n) is 7.29. The molecule has 2 aromatic heterocycles. The Labute approximate surface area is 188 Å². The minimum Gasteiger partial charge on any atom is -0.493 e. The monoisotopic (exact) mass is 467 g/mol. The van der Waals surface area contributed by atoms with Gasteiger partial charge in [-0.1, -0.05) is 24.3 Å². The maximum atomic E-state index is 13.5. The molecule has 9 nitrogen and oxygen atoms in total. The van der Waals surface area contributed by atoms with Crippen LogP contribution in [0.2, 0.25) is 0 Å². The Balaban J connectivity index is 1.66. The zero-order chi connectivity index (χ0) is 23.6. The molecule has 1 unspecified atom stereocenters. The first kappa shape index (κ1) is 22.3. The van der Waals surface area contributed by atoms with Crippen LogP contribution in [0, 0.1) is 5.82 Å². The molecule has 2 atom stereocenters. The van der Waals surface area contributed by atoms with Crippen LogP contribution in [-0.2, 0) is 4.57 Å². The van der Waals surface area contributed by atoms with E-state index in [-0.39, 0.29) is 16.8 Å². The maximum Gasteiger partial charge on any atom is 0.259 e. The molecule has 3 N–H and O–H groups in total. The van der Waals surface area contributed by atoms with Crippen molar-refractivity contribution >= 4 is 18.6 Å². The summed E-state index contributed by atoms with van der Waals surface area (Å²) in [7, 11) is -3.45. The Hall–Kier alpha value is -3.88. The molecule has 0 fully saturated rings. The molecule has 0 saturated carbocycles. The van der Waals surface area contributed by atoms with E-state index in [1.54, 1.807) is 24.4 Å². The molecule has 0 aliphatic carbocycles. The second-order valence-corrected chi connectivity index (χ2v) is 9.56. The number of aromatic nitrogens is 4. The van der Waals surface area contributed by atoms with E-state index < -0.39 is 31.0 Å². The van der Waals surface area contributed by atoms with Crippen molar-refractivity contribution in [3.8, 4) is 11.8 Å². The van der Waals surface area contributed by atoms with Crippen LogP contribution >= 0.6 is 7.37 Å². The standard InChI is InChI=1S/C22H19FN5O4P/c1-33(31,32)17-9-5-15(6-10-17)19(14-3-7-16(23)8-4-14)26-20(29)18-13-24-22(27-21(18)30)28-12-2-11-25-28/h2-13,19H,1H3,(H,26,29)(H,31,32)(H,24,27,30)/t19-/m0/s1. The lowest BCUT2D eigenvalue weighted by molar-refractivity contribution is 0.0939. The Morgan fingerprint density at radius 1 is 1.12 bits per heavy atom. The van der Waals surface area contributed by atoms with Gasteiger partial charge in [-0.15, -0.1) is 0 Å². The largest absolute Gasteiger partial charge is 0.493 e. The van der Waals surface area contributed by atoms with Crippen LogP contribution in [0.3, 0.4) is 0 Å². The normalized spacial score (nSPS) is 13.8. The van der Waals surface area contributed by atoms with Crippen LogP contribution in [0.15, 0.2) is 73.2 Å². The number of carbonyl (C=O) groups is 1. The Morgan fingerprint density at radius 2 is 1.76 bits per heavy atom. The van der Waals surface area contributed by atoms with E-state index >= 15 is 0 Å². The van der Waals surface area contributed by atoms with Gasteiger partial charge in [-0.2, -0.15) is 10.1 Å². The summed E-state index contributed by atoms with van der Waals surface area (Å²) in [6.45, 7) is 1.23. The third kappa shape index (κ3) is 4.97. The van der Waals surface area contributed by atoms with Crippen molar-refractivity contribution in [2.24, 2.45) is 0 Å². The first-order valence-corrected chi connectivity index (χ1v) is 11.9. The fraction of sp³-hybridized carbons (Fsp3) is 0.0909. The summed E-state index contributed by atoms with van der Waals surface area (Å²) in [6.07, 6.45) is 4.29. The molecule has 4 rings (SSSR count). The average Bonchev–Trinajstić information content (AvgIpc) is 3.32. The van der Waals surface area contributed by atoms with Gasteiger partial charge in [0.25, 0.3) is 11.9 Å². The molecule has 2 heterocycles. The lowest BCUT2D eigenvalue weighted by Crippen LogP contribution is -2.30. The van der Waals surface area contributed by atoms with Crippen LogP contribution in [0.1, 0.15) is 27.5 Å². The highest BCUT2D eigenvalue weighted by Crippen LogP contribution is 2.34. The van der Waals surface area contributed by atoms with E-state index in [1.807, 2.05) is 0 Å². The summed E-state index contributed by atoms with van der Waals surface area (Å²) >= 11 is 0. The van der Waals surface area contributed by atoms with Gasteiger partial charge in [-0.05, 0) is 41.5 Å². The zero-order valence-electron chi connectivity index (χ0n) is 17.3. The number of carbonyl (C=O) groups excluding carboxylic acids is 1. The van der Waals surface area contributed by atoms with Crippen molar-refractivity contribution in [3.63, 3.8) is 0 Å². The number of hydrogen-bond acceptors (Lipinski definition) is 6. The quantitative estimate of drug-likeness (QED) is 0.372. The summed E-state index contributed by atoms with van der Waals surface area (Å²) in [5.74, 6) is -1.55. The summed E-state index contributed by atoms with van der Waals surface area (Å²) in [4.78, 5) is 30.7. The zero-order valence-corrected chi connectivity index (χ0v) is 18.2. The summed E-state index contributed by atoms with van der Waals surface area (Å²) < 4.78 is 26.7. The number of nitrogens with zero attached hydrogens (tertiary/aromatic N) is 4. The van der Waals surface area contributed by atoms with Gasteiger partial charge in [0.1, 0.15) is 11.4 Å². The van der Waals surface area contributed by atoms with Crippen molar-refractivity contribution in [3.05, 3.63) is 95.7 Å². The molecule has 0 saturated heterocycles. The maximum absolute atomic E-state index is 13.5. The van der Waals surface area contributed by atoms with Crippen molar-refractivity contribution in [1.29, 1.82) is 0 Å². The molecular weight excluding hydrogens is 448 g/mol. The predicted molar refractivity (Wildman–Crippen MR) is 118 cm³/mol. The van der Waals surface area contributed by atoms with E-state index in [2.05, 4.69) is 20.4 Å². The summed E-state index contributed by atoms with van der Waals surface area (Å²) in [5, 5.41) is 17.3. The van der Waals surface area contributed by atoms with E-state index in [9.17, 15) is 23.7 Å². The fourth-order valence-corrected chi connectivity index (χ4v) is 3.89. The van der Waals surface area contributed by atoms with Gasteiger partial charge in [0.05, 0.1) is 6.04 Å². The molecule has 1 amide bonds. The third-order valence-electron chi connectivity index (χ3n) is 4.89. The van der Waals surface area contributed by atoms with Gasteiger partial charge < -0.3 is 15.3 Å². The second kappa shape index (κ2) is 8.93. The number of hydrogen-bond donors (Lipinski definition) is 3. The van der Waals surface area contributed by atoms with Gasteiger partial charge in [0.15, 0.2) is 0 Å². The third-order valence-corrected chi connectivity index (χ3v) is 6.15. The average molecular weight is 467 g/mol. The lowest BCUT2D eigenvalue weighted by Gasteiger charge is -2.21. The topological polar surface area (TPSA) is 130 Å². The first-order chi connectivity index (χ1) is 15.7. The first-order valence-electron chi connectivity index (χ1n) is 9.75. The Morgan fingerprint density at radius 3 is 2.30 bits per heavy atom. The fourth-order valence-electron chi connectivity index (χ4n) is 3.19. The molecule has 0 radical (unpaired) electrons. The lowest BCUT2D eigenvalue weighted by atomic mass is 9.98. The van der Waals surface area contributed by atoms with E-state index in [0.717, 1.165) is 0 Å². The van der Waals surface area contributed by atoms with Crippen LogP contribution < -0.4 is 10.6 Å². The van der Waals surface area contributed by atoms with E-state index in [1.165, 1.54) is 60.1 Å². The molecule has 4 aromatic rings. The summed E-state index contributed by atoms with van der Waals surface area (Å²) in [5.41, 5.74) is 0.985. The van der Waals surface area contributed by atoms with Crippen LogP contribution in [0.4, 0.5) is 4.39 Å². The molecule has 0 spiro atoms. The van der Waals surface area contributed by atoms with Gasteiger partial charge in [0.2, 0.25) is 13.2 Å². The van der Waals surface area contributed by atoms with Gasteiger partial charge >= 0.3 is 0 Å². The van der Waals surface area contributed by atoms with Crippen molar-refractivity contribution in [1.82, 2.24) is 25.1 Å². The smallest absolute Gasteiger partial charge is 0.259 e. The summed E-state index contributed by atoms with van der Waals surface area (Å²) in [6, 6.07) is 12.7. The number of nitrogens with one attached hydrogen (secondary N) is 1. The highest BCUT2D eigenvalue weighted by Gasteiger charge is 2.22. The van der Waals surface area contributed by atoms with Crippen molar-refractivity contribution in [2.75, 3.05) is 6.66 Å². The molecule has 33 heavy (non-hydrogen) atoms. The van der Waals surface area contributed by atoms with E-state index in [4.69, 9.17) is 0 Å². The number of aromatic hydroxyl groups is 1. The van der Waals surface area contributed by atoms with Crippen molar-refractivity contribution < 1.29 is 23.7 Å². The molecule has 0 aliphatic heterocycles. The molecule has 2 aromatic carbocycles. The van der Waals surface area contributed by atoms with Crippen molar-refractivity contribution in [2.45, 2.75) is 6.04 Å². The number of amides is 1. The minimum atomic E-state index is -3.45. The molecular formula is C22H19FN5O4P. The minimum absolute atomic E-state index is 0.0905. The molecule has 0 bridgehead atoms. The van der Waals surface area contributed by atoms with Gasteiger partial charge in [-0.3, -0.25) is 9.36 Å². The van der Waals surface area contributed by atoms with Crippen LogP contribution in [0.5, 0.6) is 5.88 Å². The molecule has 0 aliphatic rings. The highest BCUT2D eigenvalue weighted by atomic mass is 31.2. The van der Waals surface area contributed by atoms with Gasteiger partial charge in [-0.25, -0.2) is 14.1 Å². The molecule has 11 heteroatoms. The number of benzene rings is 2. The van der Waals surface area contributed by atoms with Gasteiger partial charge in [0, 0.05) is 30.6 Å². The number of halogens is 1. The number of rotatable bonds is 6.